The second-order valence-corrected chi connectivity index (χ2v) is 1.82. The smallest absolute Gasteiger partial charge is 0.200 e. The van der Waals surface area contributed by atoms with E-state index in [0.717, 1.165) is 5.69 Å². The van der Waals surface area contributed by atoms with Crippen molar-refractivity contribution in [3.05, 3.63) is 11.9 Å². The summed E-state index contributed by atoms with van der Waals surface area (Å²) in [5, 5.41) is 8.62. The molecule has 0 aliphatic carbocycles. The van der Waals surface area contributed by atoms with Crippen molar-refractivity contribution in [1.82, 2.24) is 9.55 Å². The Hall–Kier alpha value is -1.03. The average Bonchev–Trinajstić information content (AvgIpc) is 2.15. The predicted molar refractivity (Wildman–Crippen MR) is 33.5 cm³/mol. The molecule has 0 atom stereocenters. The molecule has 0 aliphatic rings. The Bertz CT molecular complexity index is 206. The van der Waals surface area contributed by atoms with E-state index in [1.165, 1.54) is 0 Å². The van der Waals surface area contributed by atoms with E-state index in [2.05, 4.69) is 4.98 Å². The van der Waals surface area contributed by atoms with Gasteiger partial charge in [0.25, 0.3) is 0 Å². The molecule has 1 rings (SSSR count). The zero-order valence-corrected chi connectivity index (χ0v) is 5.20. The van der Waals surface area contributed by atoms with E-state index in [-0.39, 0.29) is 6.61 Å². The molecule has 0 saturated heterocycles. The highest BCUT2D eigenvalue weighted by Gasteiger charge is 1.98. The average molecular weight is 127 g/mol. The van der Waals surface area contributed by atoms with Crippen molar-refractivity contribution in [2.75, 3.05) is 5.73 Å². The molecule has 0 fully saturated rings. The maximum atomic E-state index is 8.62. The number of nitrogens with two attached hydrogens (primary N) is 1. The van der Waals surface area contributed by atoms with Crippen molar-refractivity contribution in [2.24, 2.45) is 7.05 Å². The summed E-state index contributed by atoms with van der Waals surface area (Å²) in [5.41, 5.74) is 6.09. The quantitative estimate of drug-likeness (QED) is 0.534. The first-order valence-corrected chi connectivity index (χ1v) is 2.62. The first-order valence-electron chi connectivity index (χ1n) is 2.62. The summed E-state index contributed by atoms with van der Waals surface area (Å²) in [6.07, 6.45) is 1.55. The molecule has 9 heavy (non-hydrogen) atoms. The first-order chi connectivity index (χ1) is 4.25. The molecule has 1 heterocycles. The first kappa shape index (κ1) is 6.10. The largest absolute Gasteiger partial charge is 0.390 e. The molecular formula is C5H9N3O. The van der Waals surface area contributed by atoms with Crippen molar-refractivity contribution < 1.29 is 5.11 Å². The van der Waals surface area contributed by atoms with Gasteiger partial charge in [0.1, 0.15) is 0 Å². The topological polar surface area (TPSA) is 64.1 Å². The molecule has 0 aromatic carbocycles. The maximum Gasteiger partial charge on any atom is 0.200 e. The summed E-state index contributed by atoms with van der Waals surface area (Å²) < 4.78 is 1.64. The Morgan fingerprint density at radius 1 is 1.89 bits per heavy atom. The van der Waals surface area contributed by atoms with Gasteiger partial charge in [-0.05, 0) is 0 Å². The van der Waals surface area contributed by atoms with Gasteiger partial charge in [-0.1, -0.05) is 0 Å². The molecule has 0 unspecified atom stereocenters. The molecule has 4 nitrogen and oxygen atoms in total. The van der Waals surface area contributed by atoms with E-state index >= 15 is 0 Å². The van der Waals surface area contributed by atoms with E-state index < -0.39 is 0 Å². The molecule has 0 amide bonds. The van der Waals surface area contributed by atoms with Crippen molar-refractivity contribution in [3.8, 4) is 0 Å². The highest BCUT2D eigenvalue weighted by atomic mass is 16.3. The summed E-state index contributed by atoms with van der Waals surface area (Å²) in [6.45, 7) is -0.0132. The minimum absolute atomic E-state index is 0.0132. The lowest BCUT2D eigenvalue weighted by Crippen LogP contribution is -2.00. The zero-order chi connectivity index (χ0) is 6.85. The van der Waals surface area contributed by atoms with Crippen molar-refractivity contribution in [3.63, 3.8) is 0 Å². The third kappa shape index (κ3) is 0.882. The molecule has 50 valence electrons. The third-order valence-electron chi connectivity index (χ3n) is 1.28. The van der Waals surface area contributed by atoms with Gasteiger partial charge in [0.05, 0.1) is 18.5 Å². The monoisotopic (exact) mass is 127 g/mol. The molecule has 1 aromatic rings. The Kier molecular flexibility index (Phi) is 1.40. The van der Waals surface area contributed by atoms with E-state index in [1.807, 2.05) is 0 Å². The van der Waals surface area contributed by atoms with Crippen LogP contribution < -0.4 is 5.73 Å². The number of aliphatic hydroxyl groups excluding tert-OH is 1. The van der Waals surface area contributed by atoms with Crippen LogP contribution in [0.3, 0.4) is 0 Å². The van der Waals surface area contributed by atoms with Crippen molar-refractivity contribution in [2.45, 2.75) is 6.61 Å². The van der Waals surface area contributed by atoms with Crippen LogP contribution in [0.15, 0.2) is 6.20 Å². The molecule has 0 aliphatic heterocycles. The fourth-order valence-electron chi connectivity index (χ4n) is 0.608. The maximum absolute atomic E-state index is 8.62. The van der Waals surface area contributed by atoms with Crippen LogP contribution in [0, 0.1) is 0 Å². The molecule has 0 bridgehead atoms. The van der Waals surface area contributed by atoms with Crippen LogP contribution in [-0.2, 0) is 13.7 Å². The number of rotatable bonds is 1. The standard InChI is InChI=1S/C5H9N3O/c1-8-4(3-9)2-7-5(8)6/h2,9H,3H2,1H3,(H2,6,7). The summed E-state index contributed by atoms with van der Waals surface area (Å²) in [4.78, 5) is 3.77. The fraction of sp³-hybridized carbons (Fsp3) is 0.400. The van der Waals surface area contributed by atoms with E-state index in [9.17, 15) is 0 Å². The molecule has 3 N–H and O–H groups in total. The second-order valence-electron chi connectivity index (χ2n) is 1.82. The van der Waals surface area contributed by atoms with E-state index in [0.29, 0.717) is 5.95 Å². The number of hydrogen-bond acceptors (Lipinski definition) is 3. The van der Waals surface area contributed by atoms with Gasteiger partial charge in [-0.2, -0.15) is 0 Å². The van der Waals surface area contributed by atoms with Crippen LogP contribution in [0.25, 0.3) is 0 Å². The lowest BCUT2D eigenvalue weighted by atomic mass is 10.5. The van der Waals surface area contributed by atoms with Gasteiger partial charge in [-0.25, -0.2) is 4.98 Å². The van der Waals surface area contributed by atoms with Crippen molar-refractivity contribution in [1.29, 1.82) is 0 Å². The van der Waals surface area contributed by atoms with Crippen LogP contribution in [0.5, 0.6) is 0 Å². The molecule has 4 heteroatoms. The number of nitrogen functional groups attached to an aromatic ring is 1. The van der Waals surface area contributed by atoms with Gasteiger partial charge in [0.15, 0.2) is 5.95 Å². The van der Waals surface area contributed by atoms with Gasteiger partial charge in [-0.3, -0.25) is 0 Å². The summed E-state index contributed by atoms with van der Waals surface area (Å²) in [7, 11) is 1.76. The number of anilines is 1. The predicted octanol–water partition coefficient (Wildman–Crippen LogP) is -0.505. The second kappa shape index (κ2) is 2.06. The zero-order valence-electron chi connectivity index (χ0n) is 5.20. The summed E-state index contributed by atoms with van der Waals surface area (Å²) >= 11 is 0. The van der Waals surface area contributed by atoms with Gasteiger partial charge in [-0.15, -0.1) is 0 Å². The van der Waals surface area contributed by atoms with Gasteiger partial charge >= 0.3 is 0 Å². The fourth-order valence-corrected chi connectivity index (χ4v) is 0.608. The third-order valence-corrected chi connectivity index (χ3v) is 1.28. The molecule has 0 saturated carbocycles. The Balaban J connectivity index is 3.04. The van der Waals surface area contributed by atoms with Gasteiger partial charge in [0.2, 0.25) is 0 Å². The number of nitrogens with zero attached hydrogens (tertiary/aromatic N) is 2. The van der Waals surface area contributed by atoms with Crippen LogP contribution in [0.4, 0.5) is 5.95 Å². The van der Waals surface area contributed by atoms with Crippen LogP contribution >= 0.6 is 0 Å². The van der Waals surface area contributed by atoms with Crippen LogP contribution in [0.1, 0.15) is 5.69 Å². The highest BCUT2D eigenvalue weighted by Crippen LogP contribution is 2.02. The van der Waals surface area contributed by atoms with Gasteiger partial charge in [0, 0.05) is 7.05 Å². The SMILES string of the molecule is Cn1c(CO)cnc1N. The Morgan fingerprint density at radius 3 is 2.78 bits per heavy atom. The minimum Gasteiger partial charge on any atom is -0.390 e. The lowest BCUT2D eigenvalue weighted by Gasteiger charge is -1.96. The molecule has 0 spiro atoms. The molecular weight excluding hydrogens is 118 g/mol. The Morgan fingerprint density at radius 2 is 2.56 bits per heavy atom. The highest BCUT2D eigenvalue weighted by molar-refractivity contribution is 5.21. The van der Waals surface area contributed by atoms with Gasteiger partial charge < -0.3 is 15.4 Å². The number of hydrogen-bond donors (Lipinski definition) is 2. The number of imidazole rings is 1. The molecule has 1 aromatic heterocycles. The van der Waals surface area contributed by atoms with Crippen LogP contribution in [-0.4, -0.2) is 14.7 Å². The molecule has 0 radical (unpaired) electrons. The van der Waals surface area contributed by atoms with Crippen molar-refractivity contribution >= 4 is 5.95 Å². The number of aromatic nitrogens is 2. The minimum atomic E-state index is -0.0132. The summed E-state index contributed by atoms with van der Waals surface area (Å²) in [6, 6.07) is 0. The number of aliphatic hydroxyl groups is 1. The summed E-state index contributed by atoms with van der Waals surface area (Å²) in [5.74, 6) is 0.430. The van der Waals surface area contributed by atoms with E-state index in [1.54, 1.807) is 17.8 Å². The Labute approximate surface area is 52.9 Å². The normalized spacial score (nSPS) is 10.0. The lowest BCUT2D eigenvalue weighted by molar-refractivity contribution is 0.273. The van der Waals surface area contributed by atoms with Crippen LogP contribution in [0.2, 0.25) is 0 Å². The van der Waals surface area contributed by atoms with E-state index in [4.69, 9.17) is 10.8 Å².